The molecule has 0 radical (unpaired) electrons. The van der Waals surface area contributed by atoms with E-state index in [2.05, 4.69) is 19.9 Å². The molecule has 0 heterocycles. The minimum atomic E-state index is -0.299. The van der Waals surface area contributed by atoms with Gasteiger partial charge in [0.2, 0.25) is 0 Å². The molecule has 28 heavy (non-hydrogen) atoms. The molecule has 2 rings (SSSR count). The Balaban J connectivity index is 2.15. The summed E-state index contributed by atoms with van der Waals surface area (Å²) in [6, 6.07) is 12.4. The molecule has 0 spiro atoms. The Morgan fingerprint density at radius 1 is 0.964 bits per heavy atom. The standard InChI is InChI=1S/C25H28O3/c1-18(2)8-7-9-19(3)12-14-21-24(27)17-15-22(25(21)28)23(26)16-13-20-10-5-4-6-11-20/h4-6,8,10-13,15-17,27-28H,7,9,14H2,1-3H3/b16-13+,19-12+. The number of rotatable bonds is 8. The average molecular weight is 376 g/mol. The molecule has 0 aliphatic heterocycles. The van der Waals surface area contributed by atoms with E-state index in [1.165, 1.54) is 29.4 Å². The Morgan fingerprint density at radius 3 is 2.36 bits per heavy atom. The molecular formula is C25H28O3. The number of aromatic hydroxyl groups is 2. The fourth-order valence-corrected chi connectivity index (χ4v) is 2.82. The Labute approximate surface area is 167 Å². The van der Waals surface area contributed by atoms with Gasteiger partial charge in [0.25, 0.3) is 0 Å². The molecule has 0 fully saturated rings. The van der Waals surface area contributed by atoms with Crippen LogP contribution >= 0.6 is 0 Å². The van der Waals surface area contributed by atoms with Gasteiger partial charge in [-0.25, -0.2) is 0 Å². The molecule has 0 bridgehead atoms. The summed E-state index contributed by atoms with van der Waals surface area (Å²) in [7, 11) is 0. The average Bonchev–Trinajstić information content (AvgIpc) is 2.66. The van der Waals surface area contributed by atoms with Crippen LogP contribution in [0.25, 0.3) is 6.08 Å². The Hall–Kier alpha value is -3.07. The highest BCUT2D eigenvalue weighted by Gasteiger charge is 2.15. The molecule has 2 N–H and O–H groups in total. The van der Waals surface area contributed by atoms with Crippen LogP contribution in [0, 0.1) is 0 Å². The van der Waals surface area contributed by atoms with E-state index in [1.807, 2.05) is 43.3 Å². The third kappa shape index (κ3) is 6.27. The van der Waals surface area contributed by atoms with E-state index < -0.39 is 0 Å². The summed E-state index contributed by atoms with van der Waals surface area (Å²) in [5, 5.41) is 20.7. The summed E-state index contributed by atoms with van der Waals surface area (Å²) in [6.45, 7) is 6.18. The summed E-state index contributed by atoms with van der Waals surface area (Å²) >= 11 is 0. The van der Waals surface area contributed by atoms with Crippen molar-refractivity contribution >= 4 is 11.9 Å². The molecule has 0 aliphatic rings. The summed E-state index contributed by atoms with van der Waals surface area (Å²) in [4.78, 5) is 12.5. The summed E-state index contributed by atoms with van der Waals surface area (Å²) in [5.74, 6) is -0.461. The molecule has 0 saturated carbocycles. The first-order valence-corrected chi connectivity index (χ1v) is 9.48. The lowest BCUT2D eigenvalue weighted by molar-refractivity contribution is 0.104. The van der Waals surface area contributed by atoms with Gasteiger partial charge in [0, 0.05) is 5.56 Å². The van der Waals surface area contributed by atoms with E-state index in [0.29, 0.717) is 12.0 Å². The van der Waals surface area contributed by atoms with Crippen molar-refractivity contribution in [1.29, 1.82) is 0 Å². The van der Waals surface area contributed by atoms with Crippen molar-refractivity contribution in [1.82, 2.24) is 0 Å². The zero-order chi connectivity index (χ0) is 20.5. The first kappa shape index (κ1) is 21.2. The molecule has 0 aliphatic carbocycles. The van der Waals surface area contributed by atoms with E-state index in [4.69, 9.17) is 0 Å². The van der Waals surface area contributed by atoms with E-state index in [-0.39, 0.29) is 22.8 Å². The Kier molecular flexibility index (Phi) is 7.82. The van der Waals surface area contributed by atoms with Gasteiger partial charge in [-0.1, -0.05) is 59.7 Å². The predicted molar refractivity (Wildman–Crippen MR) is 116 cm³/mol. The largest absolute Gasteiger partial charge is 0.508 e. The van der Waals surface area contributed by atoms with Gasteiger partial charge in [-0.15, -0.1) is 0 Å². The minimum absolute atomic E-state index is 0.00515. The number of hydrogen-bond donors (Lipinski definition) is 2. The predicted octanol–water partition coefficient (Wildman–Crippen LogP) is 6.23. The molecule has 0 amide bonds. The highest BCUT2D eigenvalue weighted by molar-refractivity contribution is 6.09. The number of benzene rings is 2. The van der Waals surface area contributed by atoms with Gasteiger partial charge in [0.05, 0.1) is 5.56 Å². The first-order valence-electron chi connectivity index (χ1n) is 9.48. The smallest absolute Gasteiger partial charge is 0.189 e. The third-order valence-electron chi connectivity index (χ3n) is 4.50. The topological polar surface area (TPSA) is 57.5 Å². The molecule has 2 aromatic rings. The lowest BCUT2D eigenvalue weighted by Gasteiger charge is -2.09. The zero-order valence-corrected chi connectivity index (χ0v) is 16.8. The van der Waals surface area contributed by atoms with Gasteiger partial charge in [-0.05, 0) is 63.8 Å². The van der Waals surface area contributed by atoms with E-state index in [1.54, 1.807) is 6.08 Å². The number of phenols is 2. The van der Waals surface area contributed by atoms with Crippen LogP contribution in [0.2, 0.25) is 0 Å². The van der Waals surface area contributed by atoms with Crippen molar-refractivity contribution in [3.05, 3.63) is 88.5 Å². The third-order valence-corrected chi connectivity index (χ3v) is 4.50. The number of carbonyl (C=O) groups excluding carboxylic acids is 1. The maximum Gasteiger partial charge on any atom is 0.189 e. The van der Waals surface area contributed by atoms with Crippen molar-refractivity contribution in [2.24, 2.45) is 0 Å². The maximum atomic E-state index is 12.5. The number of carbonyl (C=O) groups is 1. The van der Waals surface area contributed by atoms with Crippen molar-refractivity contribution in [2.75, 3.05) is 0 Å². The Bertz CT molecular complexity index is 899. The van der Waals surface area contributed by atoms with Crippen LogP contribution in [0.5, 0.6) is 11.5 Å². The van der Waals surface area contributed by atoms with Crippen LogP contribution in [0.1, 0.15) is 55.1 Å². The lowest BCUT2D eigenvalue weighted by Crippen LogP contribution is -1.98. The first-order chi connectivity index (χ1) is 13.4. The van der Waals surface area contributed by atoms with Gasteiger partial charge in [0.1, 0.15) is 11.5 Å². The normalized spacial score (nSPS) is 11.6. The van der Waals surface area contributed by atoms with Gasteiger partial charge in [-0.2, -0.15) is 0 Å². The molecule has 3 heteroatoms. The summed E-state index contributed by atoms with van der Waals surface area (Å²) in [6.07, 6.45) is 9.58. The quantitative estimate of drug-likeness (QED) is 0.326. The van der Waals surface area contributed by atoms with Crippen molar-refractivity contribution < 1.29 is 15.0 Å². The van der Waals surface area contributed by atoms with Gasteiger partial charge in [0.15, 0.2) is 5.78 Å². The van der Waals surface area contributed by atoms with Crippen molar-refractivity contribution in [2.45, 2.75) is 40.0 Å². The van der Waals surface area contributed by atoms with Gasteiger partial charge < -0.3 is 10.2 Å². The van der Waals surface area contributed by atoms with E-state index in [0.717, 1.165) is 18.4 Å². The summed E-state index contributed by atoms with van der Waals surface area (Å²) in [5.41, 5.74) is 3.94. The van der Waals surface area contributed by atoms with Crippen LogP contribution in [0.3, 0.4) is 0 Å². The second-order valence-corrected chi connectivity index (χ2v) is 7.14. The minimum Gasteiger partial charge on any atom is -0.508 e. The van der Waals surface area contributed by atoms with Crippen molar-refractivity contribution in [3.63, 3.8) is 0 Å². The highest BCUT2D eigenvalue weighted by Crippen LogP contribution is 2.32. The number of phenolic OH excluding ortho intramolecular Hbond substituents is 2. The van der Waals surface area contributed by atoms with Gasteiger partial charge in [-0.3, -0.25) is 4.79 Å². The number of ketones is 1. The molecule has 0 atom stereocenters. The number of hydrogen-bond acceptors (Lipinski definition) is 3. The lowest BCUT2D eigenvalue weighted by atomic mass is 9.99. The maximum absolute atomic E-state index is 12.5. The second-order valence-electron chi connectivity index (χ2n) is 7.14. The fourth-order valence-electron chi connectivity index (χ4n) is 2.82. The van der Waals surface area contributed by atoms with Crippen LogP contribution in [-0.4, -0.2) is 16.0 Å². The molecule has 3 nitrogen and oxygen atoms in total. The number of allylic oxidation sites excluding steroid dienone is 5. The molecule has 146 valence electrons. The van der Waals surface area contributed by atoms with Crippen molar-refractivity contribution in [3.8, 4) is 11.5 Å². The SMILES string of the molecule is CC(C)=CCC/C(C)=C/Cc1c(O)ccc(C(=O)/C=C/c2ccccc2)c1O. The molecule has 0 unspecified atom stereocenters. The van der Waals surface area contributed by atoms with Crippen LogP contribution in [-0.2, 0) is 6.42 Å². The van der Waals surface area contributed by atoms with Crippen LogP contribution in [0.4, 0.5) is 0 Å². The van der Waals surface area contributed by atoms with Gasteiger partial charge >= 0.3 is 0 Å². The van der Waals surface area contributed by atoms with Crippen LogP contribution < -0.4 is 0 Å². The second kappa shape index (κ2) is 10.3. The van der Waals surface area contributed by atoms with E-state index >= 15 is 0 Å². The molecule has 0 saturated heterocycles. The monoisotopic (exact) mass is 376 g/mol. The fraction of sp³-hybridized carbons (Fsp3) is 0.240. The van der Waals surface area contributed by atoms with E-state index in [9.17, 15) is 15.0 Å². The molecular weight excluding hydrogens is 348 g/mol. The summed E-state index contributed by atoms with van der Waals surface area (Å²) < 4.78 is 0. The molecule has 2 aromatic carbocycles. The van der Waals surface area contributed by atoms with Crippen LogP contribution in [0.15, 0.2) is 71.8 Å². The zero-order valence-electron chi connectivity index (χ0n) is 16.8. The molecule has 0 aromatic heterocycles. The Morgan fingerprint density at radius 2 is 1.68 bits per heavy atom. The highest BCUT2D eigenvalue weighted by atomic mass is 16.3.